The van der Waals surface area contributed by atoms with Crippen LogP contribution in [0.25, 0.3) is 0 Å². The minimum absolute atomic E-state index is 0.0156. The van der Waals surface area contributed by atoms with Gasteiger partial charge in [-0.1, -0.05) is 32.3 Å². The summed E-state index contributed by atoms with van der Waals surface area (Å²) in [4.78, 5) is 0. The van der Waals surface area contributed by atoms with Crippen molar-refractivity contribution in [2.24, 2.45) is 11.8 Å². The lowest BCUT2D eigenvalue weighted by atomic mass is 10.0. The molecule has 2 saturated heterocycles. The summed E-state index contributed by atoms with van der Waals surface area (Å²) in [5.74, 6) is -1.34. The van der Waals surface area contributed by atoms with Crippen LogP contribution >= 0.6 is 0 Å². The Morgan fingerprint density at radius 1 is 0.920 bits per heavy atom. The molecular weight excluding hydrogens is 330 g/mol. The van der Waals surface area contributed by atoms with Gasteiger partial charge in [-0.2, -0.15) is 0 Å². The van der Waals surface area contributed by atoms with Gasteiger partial charge in [-0.15, -0.1) is 0 Å². The summed E-state index contributed by atoms with van der Waals surface area (Å²) < 4.78 is 49.3. The molecular formula is C19H26F2O4. The van der Waals surface area contributed by atoms with Gasteiger partial charge >= 0.3 is 0 Å². The van der Waals surface area contributed by atoms with E-state index < -0.39 is 17.9 Å². The molecule has 0 radical (unpaired) electrons. The number of benzene rings is 1. The molecule has 0 saturated carbocycles. The number of rotatable bonds is 6. The Balaban J connectivity index is 1.43. The summed E-state index contributed by atoms with van der Waals surface area (Å²) in [7, 11) is 0. The van der Waals surface area contributed by atoms with Gasteiger partial charge in [0, 0.05) is 11.5 Å². The Kier molecular flexibility index (Phi) is 6.76. The molecule has 0 aliphatic carbocycles. The highest BCUT2D eigenvalue weighted by Gasteiger charge is 2.34. The van der Waals surface area contributed by atoms with Crippen molar-refractivity contribution < 1.29 is 27.7 Å². The van der Waals surface area contributed by atoms with Gasteiger partial charge in [-0.05, 0) is 18.6 Å². The zero-order valence-corrected chi connectivity index (χ0v) is 14.6. The van der Waals surface area contributed by atoms with Gasteiger partial charge in [-0.3, -0.25) is 0 Å². The summed E-state index contributed by atoms with van der Waals surface area (Å²) in [5, 5.41) is 0. The first-order chi connectivity index (χ1) is 12.2. The van der Waals surface area contributed by atoms with Crippen LogP contribution in [-0.2, 0) is 18.9 Å². The monoisotopic (exact) mass is 356 g/mol. The van der Waals surface area contributed by atoms with E-state index in [0.29, 0.717) is 37.9 Å². The molecule has 0 N–H and O–H groups in total. The average Bonchev–Trinajstić information content (AvgIpc) is 2.65. The summed E-state index contributed by atoms with van der Waals surface area (Å²) in [5.41, 5.74) is 0.471. The van der Waals surface area contributed by atoms with Crippen LogP contribution in [0.2, 0.25) is 0 Å². The number of halogens is 2. The molecule has 1 aromatic rings. The molecule has 0 unspecified atom stereocenters. The molecule has 140 valence electrons. The van der Waals surface area contributed by atoms with Gasteiger partial charge in [0.15, 0.2) is 24.2 Å². The number of ether oxygens (including phenoxy) is 4. The normalized spacial score (nSPS) is 30.4. The number of hydrogen-bond donors (Lipinski definition) is 0. The summed E-state index contributed by atoms with van der Waals surface area (Å²) in [6.07, 6.45) is 3.80. The summed E-state index contributed by atoms with van der Waals surface area (Å²) in [6, 6.07) is 3.66. The minimum Gasteiger partial charge on any atom is -0.352 e. The second-order valence-electron chi connectivity index (χ2n) is 6.83. The van der Waals surface area contributed by atoms with E-state index in [1.807, 2.05) is 0 Å². The Bertz CT molecular complexity index is 538. The Morgan fingerprint density at radius 3 is 2.28 bits per heavy atom. The van der Waals surface area contributed by atoms with E-state index in [9.17, 15) is 8.78 Å². The van der Waals surface area contributed by atoms with Crippen molar-refractivity contribution in [2.75, 3.05) is 26.4 Å². The predicted octanol–water partition coefficient (Wildman–Crippen LogP) is 4.20. The maximum atomic E-state index is 13.3. The van der Waals surface area contributed by atoms with Gasteiger partial charge in [0.1, 0.15) is 0 Å². The lowest BCUT2D eigenvalue weighted by molar-refractivity contribution is -0.283. The van der Waals surface area contributed by atoms with Crippen LogP contribution in [0.4, 0.5) is 8.78 Å². The fourth-order valence-corrected chi connectivity index (χ4v) is 3.21. The third kappa shape index (κ3) is 4.97. The lowest BCUT2D eigenvalue weighted by Crippen LogP contribution is -2.43. The van der Waals surface area contributed by atoms with Crippen molar-refractivity contribution >= 4 is 0 Å². The highest BCUT2D eigenvalue weighted by molar-refractivity contribution is 5.19. The fraction of sp³-hybridized carbons (Fsp3) is 0.684. The van der Waals surface area contributed by atoms with Crippen molar-refractivity contribution in [3.63, 3.8) is 0 Å². The quantitative estimate of drug-likeness (QED) is 0.716. The van der Waals surface area contributed by atoms with E-state index in [1.165, 1.54) is 25.3 Å². The van der Waals surface area contributed by atoms with Gasteiger partial charge in [-0.25, -0.2) is 8.78 Å². The van der Waals surface area contributed by atoms with E-state index >= 15 is 0 Å². The van der Waals surface area contributed by atoms with Gasteiger partial charge < -0.3 is 18.9 Å². The van der Waals surface area contributed by atoms with Crippen molar-refractivity contribution in [2.45, 2.75) is 45.2 Å². The number of unbranched alkanes of at least 4 members (excludes halogenated alkanes) is 2. The predicted molar refractivity (Wildman–Crippen MR) is 87.8 cm³/mol. The second-order valence-corrected chi connectivity index (χ2v) is 6.83. The standard InChI is InChI=1S/C19H26F2O4/c1-2-3-4-5-13-9-22-19(23-10-13)15-11-24-18(25-12-15)14-6-7-16(20)17(21)8-14/h6-8,13,15,18-19H,2-5,9-12H2,1H3. The molecule has 0 spiro atoms. The smallest absolute Gasteiger partial charge is 0.183 e. The highest BCUT2D eigenvalue weighted by Crippen LogP contribution is 2.30. The Labute approximate surface area is 147 Å². The summed E-state index contributed by atoms with van der Waals surface area (Å²) in [6.45, 7) is 4.40. The van der Waals surface area contributed by atoms with Crippen LogP contribution in [0.3, 0.4) is 0 Å². The van der Waals surface area contributed by atoms with Gasteiger partial charge in [0.2, 0.25) is 0 Å². The molecule has 0 bridgehead atoms. The molecule has 2 aliphatic rings. The molecule has 6 heteroatoms. The van der Waals surface area contributed by atoms with Crippen LogP contribution in [0.1, 0.15) is 44.5 Å². The van der Waals surface area contributed by atoms with Crippen LogP contribution in [0.5, 0.6) is 0 Å². The molecule has 1 aromatic carbocycles. The third-order valence-corrected chi connectivity index (χ3v) is 4.73. The van der Waals surface area contributed by atoms with E-state index in [2.05, 4.69) is 6.92 Å². The Hall–Kier alpha value is -1.08. The van der Waals surface area contributed by atoms with Crippen molar-refractivity contribution in [1.29, 1.82) is 0 Å². The molecule has 2 heterocycles. The molecule has 0 aromatic heterocycles. The first-order valence-electron chi connectivity index (χ1n) is 9.08. The largest absolute Gasteiger partial charge is 0.352 e. The zero-order chi connectivity index (χ0) is 17.6. The fourth-order valence-electron chi connectivity index (χ4n) is 3.21. The van der Waals surface area contributed by atoms with Crippen LogP contribution in [0.15, 0.2) is 18.2 Å². The molecule has 25 heavy (non-hydrogen) atoms. The van der Waals surface area contributed by atoms with Gasteiger partial charge in [0.05, 0.1) is 32.3 Å². The molecule has 0 amide bonds. The van der Waals surface area contributed by atoms with Crippen LogP contribution < -0.4 is 0 Å². The van der Waals surface area contributed by atoms with Crippen molar-refractivity contribution in [3.8, 4) is 0 Å². The molecule has 2 aliphatic heterocycles. The average molecular weight is 356 g/mol. The van der Waals surface area contributed by atoms with Crippen molar-refractivity contribution in [1.82, 2.24) is 0 Å². The molecule has 2 fully saturated rings. The van der Waals surface area contributed by atoms with Crippen LogP contribution in [-0.4, -0.2) is 32.7 Å². The van der Waals surface area contributed by atoms with E-state index in [4.69, 9.17) is 18.9 Å². The van der Waals surface area contributed by atoms with E-state index in [1.54, 1.807) is 0 Å². The topological polar surface area (TPSA) is 36.9 Å². The molecule has 3 rings (SSSR count). The van der Waals surface area contributed by atoms with Crippen LogP contribution in [0, 0.1) is 23.5 Å². The SMILES string of the molecule is CCCCCC1COC(C2COC(c3ccc(F)c(F)c3)OC2)OC1. The van der Waals surface area contributed by atoms with E-state index in [0.717, 1.165) is 18.6 Å². The van der Waals surface area contributed by atoms with E-state index in [-0.39, 0.29) is 12.2 Å². The van der Waals surface area contributed by atoms with Crippen molar-refractivity contribution in [3.05, 3.63) is 35.4 Å². The molecule has 0 atom stereocenters. The lowest BCUT2D eigenvalue weighted by Gasteiger charge is -2.37. The number of hydrogen-bond acceptors (Lipinski definition) is 4. The maximum absolute atomic E-state index is 13.3. The minimum atomic E-state index is -0.903. The van der Waals surface area contributed by atoms with Gasteiger partial charge in [0.25, 0.3) is 0 Å². The first-order valence-corrected chi connectivity index (χ1v) is 9.08. The second kappa shape index (κ2) is 9.03. The highest BCUT2D eigenvalue weighted by atomic mass is 19.2. The third-order valence-electron chi connectivity index (χ3n) is 4.73. The first kappa shape index (κ1) is 18.7. The maximum Gasteiger partial charge on any atom is 0.183 e. The zero-order valence-electron chi connectivity index (χ0n) is 14.6. The Morgan fingerprint density at radius 2 is 1.64 bits per heavy atom. The molecule has 4 nitrogen and oxygen atoms in total. The summed E-state index contributed by atoms with van der Waals surface area (Å²) >= 11 is 0.